The van der Waals surface area contributed by atoms with Crippen molar-refractivity contribution in [3.05, 3.63) is 17.0 Å². The highest BCUT2D eigenvalue weighted by molar-refractivity contribution is 5.26. The molecule has 1 aromatic heterocycles. The molecule has 0 aliphatic carbocycles. The molecule has 15 heavy (non-hydrogen) atoms. The van der Waals surface area contributed by atoms with Crippen LogP contribution < -0.4 is 5.73 Å². The van der Waals surface area contributed by atoms with Gasteiger partial charge in [0.1, 0.15) is 0 Å². The highest BCUT2D eigenvalue weighted by Crippen LogP contribution is 2.16. The first-order valence-corrected chi connectivity index (χ1v) is 5.91. The number of nitrogens with zero attached hydrogens (tertiary/aromatic N) is 2. The zero-order valence-corrected chi connectivity index (χ0v) is 10.4. The molecule has 0 bridgehead atoms. The molecule has 0 spiro atoms. The van der Waals surface area contributed by atoms with Crippen LogP contribution in [0.5, 0.6) is 0 Å². The van der Waals surface area contributed by atoms with Crippen molar-refractivity contribution in [2.24, 2.45) is 11.7 Å². The summed E-state index contributed by atoms with van der Waals surface area (Å²) in [5.41, 5.74) is 9.56. The average molecular weight is 209 g/mol. The summed E-state index contributed by atoms with van der Waals surface area (Å²) < 4.78 is 2.14. The number of hydrogen-bond donors (Lipinski definition) is 1. The normalized spacial score (nSPS) is 11.3. The van der Waals surface area contributed by atoms with Crippen molar-refractivity contribution in [3.63, 3.8) is 0 Å². The number of nitrogens with two attached hydrogens (primary N) is 1. The highest BCUT2D eigenvalue weighted by Gasteiger charge is 2.14. The summed E-state index contributed by atoms with van der Waals surface area (Å²) in [7, 11) is 0. The summed E-state index contributed by atoms with van der Waals surface area (Å²) in [6.07, 6.45) is 2.00. The lowest BCUT2D eigenvalue weighted by Crippen LogP contribution is -2.10. The molecule has 1 heterocycles. The van der Waals surface area contributed by atoms with Gasteiger partial charge in [-0.05, 0) is 18.8 Å². The minimum atomic E-state index is 0.616. The number of hydrogen-bond acceptors (Lipinski definition) is 2. The van der Waals surface area contributed by atoms with Crippen molar-refractivity contribution in [3.8, 4) is 0 Å². The molecule has 0 aromatic carbocycles. The molecule has 0 aliphatic heterocycles. The molecule has 2 N–H and O–H groups in total. The molecule has 1 aromatic rings. The molecule has 0 saturated heterocycles. The number of aromatic nitrogens is 2. The van der Waals surface area contributed by atoms with Gasteiger partial charge in [0, 0.05) is 24.3 Å². The van der Waals surface area contributed by atoms with Gasteiger partial charge in [0.15, 0.2) is 0 Å². The molecule has 3 nitrogen and oxygen atoms in total. The maximum atomic E-state index is 5.79. The first kappa shape index (κ1) is 12.2. The van der Waals surface area contributed by atoms with E-state index in [0.717, 1.165) is 19.4 Å². The second-order valence-corrected chi connectivity index (χ2v) is 4.36. The Morgan fingerprint density at radius 1 is 1.27 bits per heavy atom. The average Bonchev–Trinajstić information content (AvgIpc) is 2.53. The van der Waals surface area contributed by atoms with Crippen molar-refractivity contribution < 1.29 is 0 Å². The van der Waals surface area contributed by atoms with Crippen molar-refractivity contribution in [2.45, 2.75) is 53.6 Å². The SMILES string of the molecule is CCc1nn(CC(C)C)c(CC)c1CN. The maximum absolute atomic E-state index is 5.79. The molecule has 1 rings (SSSR count). The van der Waals surface area contributed by atoms with E-state index in [0.29, 0.717) is 12.5 Å². The van der Waals surface area contributed by atoms with E-state index in [-0.39, 0.29) is 0 Å². The fourth-order valence-corrected chi connectivity index (χ4v) is 2.00. The van der Waals surface area contributed by atoms with Crippen LogP contribution in [0.25, 0.3) is 0 Å². The van der Waals surface area contributed by atoms with Gasteiger partial charge in [0.2, 0.25) is 0 Å². The fraction of sp³-hybridized carbons (Fsp3) is 0.750. The van der Waals surface area contributed by atoms with Crippen LogP contribution in [0.2, 0.25) is 0 Å². The van der Waals surface area contributed by atoms with Crippen molar-refractivity contribution in [1.82, 2.24) is 9.78 Å². The summed E-state index contributed by atoms with van der Waals surface area (Å²) in [4.78, 5) is 0. The van der Waals surface area contributed by atoms with Gasteiger partial charge < -0.3 is 5.73 Å². The summed E-state index contributed by atoms with van der Waals surface area (Å²) in [6, 6.07) is 0. The van der Waals surface area contributed by atoms with Crippen LogP contribution in [0.3, 0.4) is 0 Å². The predicted molar refractivity (Wildman–Crippen MR) is 63.7 cm³/mol. The van der Waals surface area contributed by atoms with E-state index in [2.05, 4.69) is 37.5 Å². The van der Waals surface area contributed by atoms with E-state index in [9.17, 15) is 0 Å². The van der Waals surface area contributed by atoms with Crippen LogP contribution >= 0.6 is 0 Å². The summed E-state index contributed by atoms with van der Waals surface area (Å²) in [5.74, 6) is 0.630. The molecule has 0 fully saturated rings. The Morgan fingerprint density at radius 2 is 1.93 bits per heavy atom. The monoisotopic (exact) mass is 209 g/mol. The first-order valence-electron chi connectivity index (χ1n) is 5.91. The van der Waals surface area contributed by atoms with Gasteiger partial charge in [-0.3, -0.25) is 4.68 Å². The van der Waals surface area contributed by atoms with Gasteiger partial charge in [-0.1, -0.05) is 27.7 Å². The molecule has 86 valence electrons. The van der Waals surface area contributed by atoms with Crippen molar-refractivity contribution >= 4 is 0 Å². The second-order valence-electron chi connectivity index (χ2n) is 4.36. The molecule has 0 atom stereocenters. The molecule has 3 heteroatoms. The Kier molecular flexibility index (Phi) is 4.33. The molecule has 0 aliphatic rings. The Balaban J connectivity index is 3.09. The summed E-state index contributed by atoms with van der Waals surface area (Å²) in [6.45, 7) is 10.4. The zero-order chi connectivity index (χ0) is 11.4. The minimum absolute atomic E-state index is 0.616. The van der Waals surface area contributed by atoms with Gasteiger partial charge in [-0.2, -0.15) is 5.10 Å². The largest absolute Gasteiger partial charge is 0.326 e. The van der Waals surface area contributed by atoms with Crippen LogP contribution in [0.4, 0.5) is 0 Å². The van der Waals surface area contributed by atoms with E-state index >= 15 is 0 Å². The Labute approximate surface area is 92.7 Å². The topological polar surface area (TPSA) is 43.8 Å². The first-order chi connectivity index (χ1) is 7.13. The molecular weight excluding hydrogens is 186 g/mol. The van der Waals surface area contributed by atoms with Gasteiger partial charge in [0.25, 0.3) is 0 Å². The van der Waals surface area contributed by atoms with E-state index in [1.54, 1.807) is 0 Å². The highest BCUT2D eigenvalue weighted by atomic mass is 15.3. The fourth-order valence-electron chi connectivity index (χ4n) is 2.00. The molecular formula is C12H23N3. The van der Waals surface area contributed by atoms with Crippen molar-refractivity contribution in [2.75, 3.05) is 0 Å². The van der Waals surface area contributed by atoms with Gasteiger partial charge in [-0.15, -0.1) is 0 Å². The minimum Gasteiger partial charge on any atom is -0.326 e. The summed E-state index contributed by atoms with van der Waals surface area (Å²) in [5, 5.41) is 4.65. The standard InChI is InChI=1S/C12H23N3/c1-5-11-10(7-13)12(6-2)15(14-11)8-9(3)4/h9H,5-8,13H2,1-4H3. The van der Waals surface area contributed by atoms with E-state index in [4.69, 9.17) is 5.73 Å². The smallest absolute Gasteiger partial charge is 0.0669 e. The van der Waals surface area contributed by atoms with Gasteiger partial charge >= 0.3 is 0 Å². The summed E-state index contributed by atoms with van der Waals surface area (Å²) >= 11 is 0. The van der Waals surface area contributed by atoms with Crippen molar-refractivity contribution in [1.29, 1.82) is 0 Å². The lowest BCUT2D eigenvalue weighted by atomic mass is 10.1. The van der Waals surface area contributed by atoms with Gasteiger partial charge in [-0.25, -0.2) is 0 Å². The van der Waals surface area contributed by atoms with Crippen LogP contribution in [-0.4, -0.2) is 9.78 Å². The molecule has 0 radical (unpaired) electrons. The third kappa shape index (κ3) is 2.59. The lowest BCUT2D eigenvalue weighted by Gasteiger charge is -2.09. The zero-order valence-electron chi connectivity index (χ0n) is 10.4. The Morgan fingerprint density at radius 3 is 2.33 bits per heavy atom. The maximum Gasteiger partial charge on any atom is 0.0669 e. The van der Waals surface area contributed by atoms with Crippen LogP contribution in [-0.2, 0) is 25.9 Å². The Hall–Kier alpha value is -0.830. The third-order valence-corrected chi connectivity index (χ3v) is 2.66. The lowest BCUT2D eigenvalue weighted by molar-refractivity contribution is 0.467. The van der Waals surface area contributed by atoms with Crippen LogP contribution in [0.1, 0.15) is 44.6 Å². The predicted octanol–water partition coefficient (Wildman–Crippen LogP) is 2.12. The number of aryl methyl sites for hydroxylation is 1. The number of rotatable bonds is 5. The van der Waals surface area contributed by atoms with Gasteiger partial charge in [0.05, 0.1) is 5.69 Å². The third-order valence-electron chi connectivity index (χ3n) is 2.66. The van der Waals surface area contributed by atoms with Crippen LogP contribution in [0, 0.1) is 5.92 Å². The van der Waals surface area contributed by atoms with Crippen LogP contribution in [0.15, 0.2) is 0 Å². The van der Waals surface area contributed by atoms with E-state index in [1.807, 2.05) is 0 Å². The molecule has 0 saturated carbocycles. The molecule has 0 unspecified atom stereocenters. The quantitative estimate of drug-likeness (QED) is 0.807. The van der Waals surface area contributed by atoms with E-state index < -0.39 is 0 Å². The second kappa shape index (κ2) is 5.31. The van der Waals surface area contributed by atoms with E-state index in [1.165, 1.54) is 17.0 Å². The molecule has 0 amide bonds. The Bertz CT molecular complexity index is 313.